The van der Waals surface area contributed by atoms with Gasteiger partial charge in [-0.25, -0.2) is 0 Å². The Morgan fingerprint density at radius 2 is 1.97 bits per heavy atom. The maximum atomic E-state index is 13.5. The largest absolute Gasteiger partial charge is 0.378 e. The summed E-state index contributed by atoms with van der Waals surface area (Å²) in [5.41, 5.74) is 1.35. The molecule has 3 aliphatic rings. The fraction of sp³-hybridized carbons (Fsp3) is 0.667. The number of carbonyl (C=O) groups excluding carboxylic acids is 2. The van der Waals surface area contributed by atoms with Gasteiger partial charge in [-0.2, -0.15) is 0 Å². The normalized spacial score (nSPS) is 28.1. The fourth-order valence-electron chi connectivity index (χ4n) is 5.29. The zero-order valence-corrected chi connectivity index (χ0v) is 18.3. The van der Waals surface area contributed by atoms with Crippen molar-refractivity contribution in [3.8, 4) is 0 Å². The van der Waals surface area contributed by atoms with Gasteiger partial charge < -0.3 is 15.1 Å². The van der Waals surface area contributed by atoms with Crippen molar-refractivity contribution in [1.82, 2.24) is 10.2 Å². The number of anilines is 1. The molecule has 1 aliphatic carbocycles. The van der Waals surface area contributed by atoms with Crippen molar-refractivity contribution in [2.24, 2.45) is 11.3 Å². The van der Waals surface area contributed by atoms with Crippen LogP contribution in [0.2, 0.25) is 0 Å². The maximum absolute atomic E-state index is 13.5. The van der Waals surface area contributed by atoms with Gasteiger partial charge in [0, 0.05) is 43.5 Å². The van der Waals surface area contributed by atoms with Crippen LogP contribution in [0.5, 0.6) is 0 Å². The van der Waals surface area contributed by atoms with Crippen LogP contribution in [0, 0.1) is 11.3 Å². The molecule has 3 atom stereocenters. The second-order valence-electron chi connectivity index (χ2n) is 9.94. The summed E-state index contributed by atoms with van der Waals surface area (Å²) in [5.74, 6) is 0.847. The fourth-order valence-corrected chi connectivity index (χ4v) is 5.29. The Hall–Kier alpha value is -2.04. The first-order valence-electron chi connectivity index (χ1n) is 11.2. The highest BCUT2D eigenvalue weighted by Gasteiger charge is 2.61. The van der Waals surface area contributed by atoms with E-state index >= 15 is 0 Å². The van der Waals surface area contributed by atoms with E-state index in [9.17, 15) is 9.59 Å². The predicted molar refractivity (Wildman–Crippen MR) is 116 cm³/mol. The van der Waals surface area contributed by atoms with Crippen molar-refractivity contribution in [2.45, 2.75) is 76.9 Å². The minimum Gasteiger partial charge on any atom is -0.378 e. The molecular weight excluding hydrogens is 362 g/mol. The Morgan fingerprint density at radius 3 is 2.62 bits per heavy atom. The van der Waals surface area contributed by atoms with Crippen molar-refractivity contribution in [3.05, 3.63) is 29.8 Å². The molecule has 2 amide bonds. The molecule has 2 heterocycles. The second kappa shape index (κ2) is 7.66. The molecule has 2 aliphatic heterocycles. The number of carbonyl (C=O) groups is 2. The van der Waals surface area contributed by atoms with Crippen LogP contribution in [0.25, 0.3) is 0 Å². The van der Waals surface area contributed by atoms with Crippen LogP contribution >= 0.6 is 0 Å². The van der Waals surface area contributed by atoms with Crippen LogP contribution in [-0.2, 0) is 4.79 Å². The zero-order valence-electron chi connectivity index (χ0n) is 18.3. The monoisotopic (exact) mass is 397 g/mol. The molecule has 5 heteroatoms. The molecule has 1 saturated carbocycles. The third-order valence-corrected chi connectivity index (χ3v) is 7.12. The molecule has 1 N–H and O–H groups in total. The number of rotatable bonds is 7. The van der Waals surface area contributed by atoms with E-state index in [1.165, 1.54) is 0 Å². The summed E-state index contributed by atoms with van der Waals surface area (Å²) in [6, 6.07) is 8.43. The van der Waals surface area contributed by atoms with Crippen LogP contribution in [0.15, 0.2) is 24.3 Å². The van der Waals surface area contributed by atoms with E-state index in [0.29, 0.717) is 12.0 Å². The van der Waals surface area contributed by atoms with Gasteiger partial charge in [0.2, 0.25) is 5.91 Å². The summed E-state index contributed by atoms with van der Waals surface area (Å²) < 4.78 is 0. The molecule has 0 spiro atoms. The standard InChI is InChI=1S/C24H35N3O2/c1-16(2)12-13-24(23(29)25-18-8-9-18)15-20-10-11-21(24)27(20)22(28)17-6-5-7-19(14-17)26(3)4/h5-7,14,16,18,20-21H,8-13,15H2,1-4H3,(H,25,29)/t20-,21+,24+/m1/s1. The Morgan fingerprint density at radius 1 is 1.21 bits per heavy atom. The lowest BCUT2D eigenvalue weighted by Crippen LogP contribution is -2.50. The van der Waals surface area contributed by atoms with Crippen molar-refractivity contribution in [1.29, 1.82) is 0 Å². The lowest BCUT2D eigenvalue weighted by Gasteiger charge is -2.36. The van der Waals surface area contributed by atoms with E-state index < -0.39 is 5.41 Å². The molecule has 4 rings (SSSR count). The molecule has 5 nitrogen and oxygen atoms in total. The third kappa shape index (κ3) is 3.76. The summed E-state index contributed by atoms with van der Waals surface area (Å²) in [6.07, 6.45) is 6.89. The van der Waals surface area contributed by atoms with Crippen LogP contribution in [-0.4, -0.2) is 48.9 Å². The molecule has 158 valence electrons. The van der Waals surface area contributed by atoms with Gasteiger partial charge in [0.05, 0.1) is 5.41 Å². The third-order valence-electron chi connectivity index (χ3n) is 7.12. The van der Waals surface area contributed by atoms with E-state index in [-0.39, 0.29) is 23.9 Å². The number of amides is 2. The lowest BCUT2D eigenvalue weighted by molar-refractivity contribution is -0.133. The van der Waals surface area contributed by atoms with E-state index in [4.69, 9.17) is 0 Å². The van der Waals surface area contributed by atoms with Gasteiger partial charge in [0.25, 0.3) is 5.91 Å². The van der Waals surface area contributed by atoms with Gasteiger partial charge in [-0.05, 0) is 69.1 Å². The smallest absolute Gasteiger partial charge is 0.254 e. The Labute approximate surface area is 174 Å². The van der Waals surface area contributed by atoms with E-state index in [1.807, 2.05) is 43.3 Å². The molecule has 2 saturated heterocycles. The summed E-state index contributed by atoms with van der Waals surface area (Å²) >= 11 is 0. The molecule has 0 unspecified atom stereocenters. The summed E-state index contributed by atoms with van der Waals surface area (Å²) in [6.45, 7) is 4.44. The molecular formula is C24H35N3O2. The minimum absolute atomic E-state index is 0.0283. The van der Waals surface area contributed by atoms with Gasteiger partial charge in [-0.15, -0.1) is 0 Å². The van der Waals surface area contributed by atoms with Crippen molar-refractivity contribution in [2.75, 3.05) is 19.0 Å². The topological polar surface area (TPSA) is 52.7 Å². The lowest BCUT2D eigenvalue weighted by atomic mass is 9.69. The summed E-state index contributed by atoms with van der Waals surface area (Å²) in [5, 5.41) is 3.28. The van der Waals surface area contributed by atoms with Crippen LogP contribution < -0.4 is 10.2 Å². The van der Waals surface area contributed by atoms with Crippen LogP contribution in [0.3, 0.4) is 0 Å². The SMILES string of the molecule is CC(C)CC[C@]1(C(=O)NC2CC2)C[C@H]2CC[C@@H]1N2C(=O)c1cccc(N(C)C)c1. The van der Waals surface area contributed by atoms with E-state index in [2.05, 4.69) is 24.1 Å². The van der Waals surface area contributed by atoms with Crippen LogP contribution in [0.4, 0.5) is 5.69 Å². The first kappa shape index (κ1) is 20.2. The molecule has 2 bridgehead atoms. The van der Waals surface area contributed by atoms with E-state index in [0.717, 1.165) is 56.2 Å². The van der Waals surface area contributed by atoms with Gasteiger partial charge in [-0.3, -0.25) is 9.59 Å². The molecule has 29 heavy (non-hydrogen) atoms. The van der Waals surface area contributed by atoms with Gasteiger partial charge >= 0.3 is 0 Å². The maximum Gasteiger partial charge on any atom is 0.254 e. The number of benzene rings is 1. The quantitative estimate of drug-likeness (QED) is 0.761. The predicted octanol–water partition coefficient (Wildman–Crippen LogP) is 3.83. The number of fused-ring (bicyclic) bond motifs is 2. The number of hydrogen-bond acceptors (Lipinski definition) is 3. The molecule has 1 aromatic rings. The molecule has 0 aromatic heterocycles. The average Bonchev–Trinajstić information content (AvgIpc) is 3.34. The number of nitrogens with one attached hydrogen (secondary N) is 1. The Kier molecular flexibility index (Phi) is 5.34. The minimum atomic E-state index is -0.412. The molecule has 0 radical (unpaired) electrons. The second-order valence-corrected chi connectivity index (χ2v) is 9.94. The first-order valence-corrected chi connectivity index (χ1v) is 11.2. The highest BCUT2D eigenvalue weighted by Crippen LogP contribution is 2.53. The van der Waals surface area contributed by atoms with E-state index in [1.54, 1.807) is 0 Å². The number of hydrogen-bond donors (Lipinski definition) is 1. The van der Waals surface area contributed by atoms with Crippen LogP contribution in [0.1, 0.15) is 69.2 Å². The highest BCUT2D eigenvalue weighted by molar-refractivity contribution is 5.97. The Balaban J connectivity index is 1.61. The summed E-state index contributed by atoms with van der Waals surface area (Å²) in [7, 11) is 3.98. The van der Waals surface area contributed by atoms with Gasteiger partial charge in [0.1, 0.15) is 0 Å². The average molecular weight is 398 g/mol. The highest BCUT2D eigenvalue weighted by atomic mass is 16.2. The Bertz CT molecular complexity index is 786. The van der Waals surface area contributed by atoms with Crippen molar-refractivity contribution < 1.29 is 9.59 Å². The summed E-state index contributed by atoms with van der Waals surface area (Å²) in [4.78, 5) is 31.0. The number of nitrogens with zero attached hydrogens (tertiary/aromatic N) is 2. The molecule has 3 fully saturated rings. The van der Waals surface area contributed by atoms with Crippen molar-refractivity contribution >= 4 is 17.5 Å². The molecule has 1 aromatic carbocycles. The first-order chi connectivity index (χ1) is 13.8. The van der Waals surface area contributed by atoms with Crippen molar-refractivity contribution in [3.63, 3.8) is 0 Å². The van der Waals surface area contributed by atoms with Gasteiger partial charge in [0.15, 0.2) is 0 Å². The zero-order chi connectivity index (χ0) is 20.8. The van der Waals surface area contributed by atoms with Gasteiger partial charge in [-0.1, -0.05) is 19.9 Å².